The van der Waals surface area contributed by atoms with Gasteiger partial charge in [-0.2, -0.15) is 0 Å². The van der Waals surface area contributed by atoms with Crippen molar-refractivity contribution in [2.24, 2.45) is 17.8 Å². The van der Waals surface area contributed by atoms with Gasteiger partial charge in [-0.3, -0.25) is 0 Å². The zero-order chi connectivity index (χ0) is 11.9. The molecule has 1 aliphatic rings. The molecule has 2 unspecified atom stereocenters. The highest BCUT2D eigenvalue weighted by Crippen LogP contribution is 2.45. The van der Waals surface area contributed by atoms with Gasteiger partial charge in [-0.1, -0.05) is 19.8 Å². The second kappa shape index (κ2) is 4.06. The van der Waals surface area contributed by atoms with Gasteiger partial charge >= 0.3 is 0 Å². The van der Waals surface area contributed by atoms with Gasteiger partial charge in [0.15, 0.2) is 0 Å². The van der Waals surface area contributed by atoms with Crippen LogP contribution < -0.4 is 0 Å². The summed E-state index contributed by atoms with van der Waals surface area (Å²) in [7, 11) is 0. The first-order valence-electron chi connectivity index (χ1n) is 6.09. The third-order valence-corrected chi connectivity index (χ3v) is 3.94. The van der Waals surface area contributed by atoms with E-state index >= 15 is 0 Å². The average molecular weight is 214 g/mol. The Hall–Kier alpha value is -0.0800. The van der Waals surface area contributed by atoms with Gasteiger partial charge in [-0.15, -0.1) is 0 Å². The summed E-state index contributed by atoms with van der Waals surface area (Å²) in [5.74, 6) is 0.905. The molecule has 0 saturated heterocycles. The predicted octanol–water partition coefficient (Wildman–Crippen LogP) is 2.58. The van der Waals surface area contributed by atoms with Crippen LogP contribution in [0, 0.1) is 17.8 Å². The molecule has 1 fully saturated rings. The van der Waals surface area contributed by atoms with E-state index in [-0.39, 0.29) is 11.8 Å². The van der Waals surface area contributed by atoms with Gasteiger partial charge in [-0.25, -0.2) is 0 Å². The summed E-state index contributed by atoms with van der Waals surface area (Å²) in [6, 6.07) is 0. The molecule has 0 radical (unpaired) electrons. The van der Waals surface area contributed by atoms with E-state index < -0.39 is 11.2 Å². The Morgan fingerprint density at radius 1 is 0.933 bits per heavy atom. The largest absolute Gasteiger partial charge is 0.390 e. The van der Waals surface area contributed by atoms with Gasteiger partial charge in [0, 0.05) is 0 Å². The van der Waals surface area contributed by atoms with Crippen LogP contribution >= 0.6 is 0 Å². The van der Waals surface area contributed by atoms with Gasteiger partial charge in [0.1, 0.15) is 0 Å². The first-order chi connectivity index (χ1) is 6.64. The molecule has 0 aromatic rings. The van der Waals surface area contributed by atoms with Gasteiger partial charge in [0.25, 0.3) is 0 Å². The van der Waals surface area contributed by atoms with Crippen LogP contribution in [0.4, 0.5) is 0 Å². The molecule has 15 heavy (non-hydrogen) atoms. The zero-order valence-electron chi connectivity index (χ0n) is 10.7. The van der Waals surface area contributed by atoms with E-state index in [2.05, 4.69) is 6.92 Å². The van der Waals surface area contributed by atoms with Crippen molar-refractivity contribution in [3.63, 3.8) is 0 Å². The summed E-state index contributed by atoms with van der Waals surface area (Å²) in [5, 5.41) is 20.4. The molecule has 0 spiro atoms. The van der Waals surface area contributed by atoms with Crippen LogP contribution in [0.1, 0.15) is 53.9 Å². The molecule has 0 amide bonds. The first kappa shape index (κ1) is 13.0. The normalized spacial score (nSPS) is 34.2. The molecule has 0 aromatic carbocycles. The molecule has 0 bridgehead atoms. The molecule has 2 heteroatoms. The molecule has 0 aromatic heterocycles. The summed E-state index contributed by atoms with van der Waals surface area (Å²) in [5.41, 5.74) is -1.37. The molecular weight excluding hydrogens is 188 g/mol. The van der Waals surface area contributed by atoms with E-state index in [9.17, 15) is 10.2 Å². The van der Waals surface area contributed by atoms with Crippen LogP contribution in [0.5, 0.6) is 0 Å². The minimum atomic E-state index is -0.690. The Morgan fingerprint density at radius 2 is 1.47 bits per heavy atom. The Morgan fingerprint density at radius 3 is 1.80 bits per heavy atom. The van der Waals surface area contributed by atoms with Crippen LogP contribution in [0.2, 0.25) is 0 Å². The number of rotatable bonds is 2. The average Bonchev–Trinajstić information content (AvgIpc) is 1.99. The Balaban J connectivity index is 2.93. The Labute approximate surface area is 93.7 Å². The van der Waals surface area contributed by atoms with Crippen LogP contribution in [-0.4, -0.2) is 21.4 Å². The lowest BCUT2D eigenvalue weighted by Gasteiger charge is -2.48. The minimum absolute atomic E-state index is 0.200. The van der Waals surface area contributed by atoms with E-state index in [0.29, 0.717) is 5.92 Å². The smallest absolute Gasteiger partial charge is 0.0626 e. The topological polar surface area (TPSA) is 40.5 Å². The summed E-state index contributed by atoms with van der Waals surface area (Å²) in [6.45, 7) is 9.68. The number of hydrogen-bond donors (Lipinski definition) is 2. The van der Waals surface area contributed by atoms with Crippen molar-refractivity contribution in [3.8, 4) is 0 Å². The van der Waals surface area contributed by atoms with Crippen LogP contribution in [0.25, 0.3) is 0 Å². The highest BCUT2D eigenvalue weighted by atomic mass is 16.3. The van der Waals surface area contributed by atoms with Crippen molar-refractivity contribution >= 4 is 0 Å². The number of aliphatic hydroxyl groups is 2. The van der Waals surface area contributed by atoms with Crippen molar-refractivity contribution in [3.05, 3.63) is 0 Å². The Kier molecular flexibility index (Phi) is 3.52. The summed E-state index contributed by atoms with van der Waals surface area (Å²) in [6.07, 6.45) is 3.37. The predicted molar refractivity (Wildman–Crippen MR) is 62.6 cm³/mol. The molecule has 90 valence electrons. The molecule has 2 N–H and O–H groups in total. The highest BCUT2D eigenvalue weighted by molar-refractivity contribution is 4.95. The Bertz CT molecular complexity index is 210. The molecule has 3 atom stereocenters. The van der Waals surface area contributed by atoms with Crippen LogP contribution in [0.3, 0.4) is 0 Å². The third-order valence-electron chi connectivity index (χ3n) is 3.94. The van der Waals surface area contributed by atoms with Crippen LogP contribution in [-0.2, 0) is 0 Å². The fourth-order valence-electron chi connectivity index (χ4n) is 3.40. The van der Waals surface area contributed by atoms with E-state index in [1.807, 2.05) is 27.7 Å². The minimum Gasteiger partial charge on any atom is -0.390 e. The fourth-order valence-corrected chi connectivity index (χ4v) is 3.40. The van der Waals surface area contributed by atoms with Crippen molar-refractivity contribution < 1.29 is 10.2 Å². The first-order valence-corrected chi connectivity index (χ1v) is 6.09. The van der Waals surface area contributed by atoms with E-state index in [4.69, 9.17) is 0 Å². The summed E-state index contributed by atoms with van der Waals surface area (Å²) in [4.78, 5) is 0. The third kappa shape index (κ3) is 2.94. The fraction of sp³-hybridized carbons (Fsp3) is 1.00. The molecule has 2 nitrogen and oxygen atoms in total. The standard InChI is InChI=1S/C13H26O2/c1-9-7-6-8-10(12(2,3)14)11(9)13(4,5)15/h9-11,14-15H,6-8H2,1-5H3/t9?,10-,11?/m1/s1. The van der Waals surface area contributed by atoms with Gasteiger partial charge in [0.05, 0.1) is 11.2 Å². The van der Waals surface area contributed by atoms with E-state index in [1.165, 1.54) is 12.8 Å². The summed E-state index contributed by atoms with van der Waals surface area (Å²) < 4.78 is 0. The SMILES string of the molecule is CC1CCC[C@@H](C(C)(C)O)C1C(C)(C)O. The molecular formula is C13H26O2. The van der Waals surface area contributed by atoms with Crippen LogP contribution in [0.15, 0.2) is 0 Å². The lowest BCUT2D eigenvalue weighted by atomic mass is 9.61. The van der Waals surface area contributed by atoms with Crippen molar-refractivity contribution in [2.45, 2.75) is 65.1 Å². The maximum atomic E-state index is 10.2. The second-order valence-electron chi connectivity index (χ2n) is 6.35. The highest BCUT2D eigenvalue weighted by Gasteiger charge is 2.45. The van der Waals surface area contributed by atoms with Crippen molar-refractivity contribution in [2.75, 3.05) is 0 Å². The second-order valence-corrected chi connectivity index (χ2v) is 6.35. The lowest BCUT2D eigenvalue weighted by molar-refractivity contribution is -0.116. The van der Waals surface area contributed by atoms with Gasteiger partial charge in [-0.05, 0) is 51.9 Å². The van der Waals surface area contributed by atoms with Crippen molar-refractivity contribution in [1.29, 1.82) is 0 Å². The quantitative estimate of drug-likeness (QED) is 0.741. The molecule has 1 aliphatic carbocycles. The van der Waals surface area contributed by atoms with E-state index in [0.717, 1.165) is 6.42 Å². The van der Waals surface area contributed by atoms with Gasteiger partial charge in [0.2, 0.25) is 0 Å². The maximum Gasteiger partial charge on any atom is 0.0626 e. The zero-order valence-corrected chi connectivity index (χ0v) is 10.7. The molecule has 0 heterocycles. The molecule has 1 rings (SSSR count). The maximum absolute atomic E-state index is 10.2. The molecule has 0 aliphatic heterocycles. The van der Waals surface area contributed by atoms with Gasteiger partial charge < -0.3 is 10.2 Å². The van der Waals surface area contributed by atoms with Crippen molar-refractivity contribution in [1.82, 2.24) is 0 Å². The summed E-state index contributed by atoms with van der Waals surface area (Å²) >= 11 is 0. The van der Waals surface area contributed by atoms with E-state index in [1.54, 1.807) is 0 Å². The number of hydrogen-bond acceptors (Lipinski definition) is 2. The molecule has 1 saturated carbocycles. The lowest BCUT2D eigenvalue weighted by Crippen LogP contribution is -2.50. The monoisotopic (exact) mass is 214 g/mol.